The molecule has 4 rings (SSSR count). The standard InChI is InChI=1S/C31H31ClF3NO7/c1-5-41-24-9-7-8-21(28(24)32)29-22-14-19(31(33,34)35)11-13-23(22)36(30(38)26(43-29)16-27(37)42-6-2)17-18-10-12-20(39-3)15-25(18)40-4/h7-15,26,29H,5-6,16-17H2,1-4H3/t26-,29-/m1/s1. The summed E-state index contributed by atoms with van der Waals surface area (Å²) in [7, 11) is 2.94. The average molecular weight is 622 g/mol. The third-order valence-corrected chi connectivity index (χ3v) is 7.23. The molecule has 1 heterocycles. The molecule has 1 aliphatic rings. The normalized spacial score (nSPS) is 16.7. The molecule has 0 spiro atoms. The summed E-state index contributed by atoms with van der Waals surface area (Å²) in [5, 5.41) is 0.102. The maximum absolute atomic E-state index is 14.1. The van der Waals surface area contributed by atoms with Crippen LogP contribution in [0.2, 0.25) is 5.02 Å². The number of anilines is 1. The van der Waals surface area contributed by atoms with E-state index in [0.29, 0.717) is 17.1 Å². The summed E-state index contributed by atoms with van der Waals surface area (Å²) < 4.78 is 69.7. The molecular weight excluding hydrogens is 591 g/mol. The highest BCUT2D eigenvalue weighted by Gasteiger charge is 2.41. The minimum atomic E-state index is -4.69. The van der Waals surface area contributed by atoms with Crippen LogP contribution >= 0.6 is 11.6 Å². The molecule has 230 valence electrons. The average Bonchev–Trinajstić information content (AvgIpc) is 3.08. The van der Waals surface area contributed by atoms with Crippen molar-refractivity contribution in [2.24, 2.45) is 0 Å². The molecular formula is C31H31ClF3NO7. The quantitative estimate of drug-likeness (QED) is 0.232. The molecule has 1 amide bonds. The second-order valence-electron chi connectivity index (χ2n) is 9.48. The van der Waals surface area contributed by atoms with Gasteiger partial charge in [-0.25, -0.2) is 0 Å². The van der Waals surface area contributed by atoms with E-state index in [2.05, 4.69) is 0 Å². The molecule has 0 unspecified atom stereocenters. The van der Waals surface area contributed by atoms with Gasteiger partial charge in [-0.05, 0) is 50.2 Å². The molecule has 0 N–H and O–H groups in total. The lowest BCUT2D eigenvalue weighted by molar-refractivity contribution is -0.151. The van der Waals surface area contributed by atoms with Crippen molar-refractivity contribution in [3.8, 4) is 17.2 Å². The van der Waals surface area contributed by atoms with E-state index in [0.717, 1.165) is 12.1 Å². The van der Waals surface area contributed by atoms with Crippen molar-refractivity contribution >= 4 is 29.2 Å². The van der Waals surface area contributed by atoms with Crippen molar-refractivity contribution < 1.29 is 46.4 Å². The highest BCUT2D eigenvalue weighted by Crippen LogP contribution is 2.45. The van der Waals surface area contributed by atoms with Crippen molar-refractivity contribution in [2.75, 3.05) is 32.3 Å². The Hall–Kier alpha value is -3.96. The van der Waals surface area contributed by atoms with E-state index in [-0.39, 0.29) is 47.3 Å². The molecule has 1 aliphatic heterocycles. The fourth-order valence-corrected chi connectivity index (χ4v) is 5.12. The van der Waals surface area contributed by atoms with Crippen LogP contribution in [0.4, 0.5) is 18.9 Å². The van der Waals surface area contributed by atoms with Crippen LogP contribution in [0.5, 0.6) is 17.2 Å². The highest BCUT2D eigenvalue weighted by molar-refractivity contribution is 6.33. The van der Waals surface area contributed by atoms with Gasteiger partial charge in [-0.1, -0.05) is 23.7 Å². The van der Waals surface area contributed by atoms with Crippen LogP contribution in [0.25, 0.3) is 0 Å². The van der Waals surface area contributed by atoms with E-state index in [1.165, 1.54) is 25.2 Å². The van der Waals surface area contributed by atoms with Crippen molar-refractivity contribution in [3.63, 3.8) is 0 Å². The van der Waals surface area contributed by atoms with Crippen LogP contribution in [0.3, 0.4) is 0 Å². The van der Waals surface area contributed by atoms with E-state index >= 15 is 0 Å². The van der Waals surface area contributed by atoms with E-state index in [1.807, 2.05) is 0 Å². The van der Waals surface area contributed by atoms with Crippen LogP contribution in [-0.4, -0.2) is 45.4 Å². The molecule has 0 aliphatic carbocycles. The van der Waals surface area contributed by atoms with Gasteiger partial charge in [0.25, 0.3) is 5.91 Å². The number of methoxy groups -OCH3 is 2. The van der Waals surface area contributed by atoms with Gasteiger partial charge in [0.15, 0.2) is 0 Å². The molecule has 0 saturated carbocycles. The summed E-state index contributed by atoms with van der Waals surface area (Å²) in [6, 6.07) is 12.8. The lowest BCUT2D eigenvalue weighted by Crippen LogP contribution is -2.40. The van der Waals surface area contributed by atoms with Crippen LogP contribution in [0.1, 0.15) is 48.6 Å². The Morgan fingerprint density at radius 1 is 0.977 bits per heavy atom. The summed E-state index contributed by atoms with van der Waals surface area (Å²) in [5.41, 5.74) is 0.0174. The Morgan fingerprint density at radius 3 is 2.40 bits per heavy atom. The number of carbonyl (C=O) groups is 2. The number of esters is 1. The lowest BCUT2D eigenvalue weighted by Gasteiger charge is -2.26. The number of halogens is 4. The number of rotatable bonds is 10. The topological polar surface area (TPSA) is 83.5 Å². The third kappa shape index (κ3) is 7.00. The van der Waals surface area contributed by atoms with Crippen molar-refractivity contribution in [2.45, 2.75) is 45.2 Å². The lowest BCUT2D eigenvalue weighted by atomic mass is 9.96. The minimum Gasteiger partial charge on any atom is -0.497 e. The Balaban J connectivity index is 1.95. The predicted molar refractivity (Wildman–Crippen MR) is 153 cm³/mol. The maximum atomic E-state index is 14.1. The fourth-order valence-electron chi connectivity index (χ4n) is 4.84. The Labute approximate surface area is 252 Å². The highest BCUT2D eigenvalue weighted by atomic mass is 35.5. The van der Waals surface area contributed by atoms with Gasteiger partial charge in [0.1, 0.15) is 29.5 Å². The molecule has 8 nitrogen and oxygen atoms in total. The van der Waals surface area contributed by atoms with Gasteiger partial charge in [-0.3, -0.25) is 9.59 Å². The van der Waals surface area contributed by atoms with Crippen LogP contribution in [-0.2, 0) is 31.8 Å². The smallest absolute Gasteiger partial charge is 0.416 e. The van der Waals surface area contributed by atoms with E-state index in [1.54, 1.807) is 50.2 Å². The zero-order valence-electron chi connectivity index (χ0n) is 24.0. The van der Waals surface area contributed by atoms with Crippen molar-refractivity contribution in [1.82, 2.24) is 0 Å². The van der Waals surface area contributed by atoms with Gasteiger partial charge in [-0.2, -0.15) is 13.2 Å². The van der Waals surface area contributed by atoms with Gasteiger partial charge in [0.2, 0.25) is 0 Å². The third-order valence-electron chi connectivity index (χ3n) is 6.83. The van der Waals surface area contributed by atoms with Crippen molar-refractivity contribution in [1.29, 1.82) is 0 Å². The van der Waals surface area contributed by atoms with E-state index in [4.69, 9.17) is 35.3 Å². The molecule has 0 bridgehead atoms. The second-order valence-corrected chi connectivity index (χ2v) is 9.86. The van der Waals surface area contributed by atoms with Crippen LogP contribution in [0.15, 0.2) is 54.6 Å². The number of ether oxygens (including phenoxy) is 5. The number of nitrogens with zero attached hydrogens (tertiary/aromatic N) is 1. The maximum Gasteiger partial charge on any atom is 0.416 e. The summed E-state index contributed by atoms with van der Waals surface area (Å²) in [4.78, 5) is 28.0. The zero-order valence-corrected chi connectivity index (χ0v) is 24.8. The molecule has 0 saturated heterocycles. The first-order chi connectivity index (χ1) is 20.5. The Kier molecular flexibility index (Phi) is 10.1. The van der Waals surface area contributed by atoms with Gasteiger partial charge in [-0.15, -0.1) is 0 Å². The van der Waals surface area contributed by atoms with Gasteiger partial charge in [0, 0.05) is 22.8 Å². The summed E-state index contributed by atoms with van der Waals surface area (Å²) in [6.07, 6.45) is -7.89. The summed E-state index contributed by atoms with van der Waals surface area (Å²) in [6.45, 7) is 3.60. The Bertz CT molecular complexity index is 1480. The predicted octanol–water partition coefficient (Wildman–Crippen LogP) is 6.75. The van der Waals surface area contributed by atoms with Gasteiger partial charge in [0.05, 0.1) is 56.7 Å². The summed E-state index contributed by atoms with van der Waals surface area (Å²) in [5.74, 6) is -0.192. The number of benzene rings is 3. The Morgan fingerprint density at radius 2 is 1.74 bits per heavy atom. The number of alkyl halides is 3. The molecule has 0 fully saturated rings. The fraction of sp³-hybridized carbons (Fsp3) is 0.355. The number of carbonyl (C=O) groups excluding carboxylic acids is 2. The summed E-state index contributed by atoms with van der Waals surface area (Å²) >= 11 is 6.70. The first kappa shape index (κ1) is 32.0. The number of hydrogen-bond acceptors (Lipinski definition) is 7. The molecule has 0 radical (unpaired) electrons. The molecule has 2 atom stereocenters. The van der Waals surface area contributed by atoms with Crippen LogP contribution < -0.4 is 19.1 Å². The van der Waals surface area contributed by atoms with Gasteiger partial charge < -0.3 is 28.6 Å². The molecule has 0 aromatic heterocycles. The molecule has 43 heavy (non-hydrogen) atoms. The number of hydrogen-bond donors (Lipinski definition) is 0. The molecule has 3 aromatic rings. The van der Waals surface area contributed by atoms with Crippen molar-refractivity contribution in [3.05, 3.63) is 81.9 Å². The molecule has 3 aromatic carbocycles. The van der Waals surface area contributed by atoms with Gasteiger partial charge >= 0.3 is 12.1 Å². The first-order valence-electron chi connectivity index (χ1n) is 13.5. The largest absolute Gasteiger partial charge is 0.497 e. The second kappa shape index (κ2) is 13.6. The number of amides is 1. The monoisotopic (exact) mass is 621 g/mol. The first-order valence-corrected chi connectivity index (χ1v) is 13.9. The van der Waals surface area contributed by atoms with E-state index in [9.17, 15) is 22.8 Å². The number of fused-ring (bicyclic) bond motifs is 1. The minimum absolute atomic E-state index is 0.0255. The van der Waals surface area contributed by atoms with Crippen LogP contribution in [0, 0.1) is 0 Å². The zero-order chi connectivity index (χ0) is 31.3. The SMILES string of the molecule is CCOC(=O)C[C@H]1O[C@H](c2cccc(OCC)c2Cl)c2cc(C(F)(F)F)ccc2N(Cc2ccc(OC)cc2OC)C1=O. The molecule has 12 heteroatoms. The van der Waals surface area contributed by atoms with E-state index < -0.39 is 42.2 Å².